The Labute approximate surface area is 146 Å². The number of halogens is 2. The summed E-state index contributed by atoms with van der Waals surface area (Å²) in [4.78, 5) is 25.0. The number of benzene rings is 2. The predicted octanol–water partition coefficient (Wildman–Crippen LogP) is 3.97. The zero-order valence-electron chi connectivity index (χ0n) is 13.1. The van der Waals surface area contributed by atoms with Gasteiger partial charge in [0.1, 0.15) is 5.75 Å². The van der Waals surface area contributed by atoms with E-state index in [1.165, 1.54) is 30.0 Å². The second-order valence-electron chi connectivity index (χ2n) is 5.29. The van der Waals surface area contributed by atoms with E-state index < -0.39 is 12.5 Å². The standard InChI is InChI=1S/C17H14F2N2O3S/c1-9-15(22)21-12-8-10(6-7-14(12)25-9)16(23)20-11-4-2-3-5-13(11)24-17(18)19/h2-9,17H,1H3,(H,20,23)(H,21,22)/t9-/m0/s1. The number of anilines is 2. The third-order valence-corrected chi connectivity index (χ3v) is 4.70. The van der Waals surface area contributed by atoms with Gasteiger partial charge < -0.3 is 15.4 Å². The molecule has 1 heterocycles. The monoisotopic (exact) mass is 364 g/mol. The lowest BCUT2D eigenvalue weighted by Crippen LogP contribution is -2.26. The molecule has 0 saturated carbocycles. The lowest BCUT2D eigenvalue weighted by Gasteiger charge is -2.21. The molecular weight excluding hydrogens is 350 g/mol. The zero-order chi connectivity index (χ0) is 18.0. The quantitative estimate of drug-likeness (QED) is 0.861. The summed E-state index contributed by atoms with van der Waals surface area (Å²) < 4.78 is 29.3. The summed E-state index contributed by atoms with van der Waals surface area (Å²) in [5, 5.41) is 5.08. The topological polar surface area (TPSA) is 67.4 Å². The van der Waals surface area contributed by atoms with Gasteiger partial charge in [-0.25, -0.2) is 0 Å². The molecule has 5 nitrogen and oxygen atoms in total. The Hall–Kier alpha value is -2.61. The molecule has 2 amide bonds. The van der Waals surface area contributed by atoms with Crippen molar-refractivity contribution < 1.29 is 23.1 Å². The molecule has 0 bridgehead atoms. The third-order valence-electron chi connectivity index (χ3n) is 3.52. The number of thioether (sulfide) groups is 1. The minimum absolute atomic E-state index is 0.124. The summed E-state index contributed by atoms with van der Waals surface area (Å²) in [5.74, 6) is -0.752. The van der Waals surface area contributed by atoms with Crippen LogP contribution in [0.5, 0.6) is 5.75 Å². The second kappa shape index (κ2) is 7.10. The van der Waals surface area contributed by atoms with Crippen molar-refractivity contribution in [2.24, 2.45) is 0 Å². The normalized spacial score (nSPS) is 16.2. The summed E-state index contributed by atoms with van der Waals surface area (Å²) in [6, 6.07) is 10.8. The van der Waals surface area contributed by atoms with Gasteiger partial charge in [0.25, 0.3) is 5.91 Å². The van der Waals surface area contributed by atoms with Crippen LogP contribution in [0.15, 0.2) is 47.4 Å². The van der Waals surface area contributed by atoms with Crippen molar-refractivity contribution in [1.29, 1.82) is 0 Å². The van der Waals surface area contributed by atoms with Gasteiger partial charge in [-0.3, -0.25) is 9.59 Å². The minimum Gasteiger partial charge on any atom is -0.433 e. The maximum Gasteiger partial charge on any atom is 0.387 e. The van der Waals surface area contributed by atoms with Crippen LogP contribution in [-0.4, -0.2) is 23.7 Å². The molecule has 0 fully saturated rings. The van der Waals surface area contributed by atoms with Gasteiger partial charge >= 0.3 is 6.61 Å². The van der Waals surface area contributed by atoms with E-state index in [4.69, 9.17) is 0 Å². The lowest BCUT2D eigenvalue weighted by molar-refractivity contribution is -0.115. The molecule has 130 valence electrons. The first-order chi connectivity index (χ1) is 11.9. The molecule has 0 unspecified atom stereocenters. The molecule has 2 N–H and O–H groups in total. The Kier molecular flexibility index (Phi) is 4.89. The fraction of sp³-hybridized carbons (Fsp3) is 0.176. The molecule has 8 heteroatoms. The van der Waals surface area contributed by atoms with Crippen LogP contribution >= 0.6 is 11.8 Å². The highest BCUT2D eigenvalue weighted by atomic mass is 32.2. The van der Waals surface area contributed by atoms with Crippen molar-refractivity contribution in [2.75, 3.05) is 10.6 Å². The first-order valence-corrected chi connectivity index (χ1v) is 8.29. The fourth-order valence-electron chi connectivity index (χ4n) is 2.31. The van der Waals surface area contributed by atoms with E-state index in [1.807, 2.05) is 0 Å². The van der Waals surface area contributed by atoms with E-state index in [0.717, 1.165) is 4.90 Å². The maximum absolute atomic E-state index is 12.4. The first-order valence-electron chi connectivity index (χ1n) is 7.41. The highest BCUT2D eigenvalue weighted by molar-refractivity contribution is 8.00. The molecule has 2 aromatic carbocycles. The van der Waals surface area contributed by atoms with Crippen molar-refractivity contribution in [2.45, 2.75) is 23.7 Å². The summed E-state index contributed by atoms with van der Waals surface area (Å²) in [5.41, 5.74) is 0.983. The Morgan fingerprint density at radius 1 is 1.28 bits per heavy atom. The maximum atomic E-state index is 12.4. The van der Waals surface area contributed by atoms with Crippen LogP contribution in [0.2, 0.25) is 0 Å². The molecule has 0 saturated heterocycles. The molecular formula is C17H14F2N2O3S. The molecule has 25 heavy (non-hydrogen) atoms. The van der Waals surface area contributed by atoms with E-state index in [9.17, 15) is 18.4 Å². The van der Waals surface area contributed by atoms with Gasteiger partial charge in [-0.15, -0.1) is 11.8 Å². The van der Waals surface area contributed by atoms with Crippen molar-refractivity contribution in [3.05, 3.63) is 48.0 Å². The van der Waals surface area contributed by atoms with Crippen LogP contribution in [0, 0.1) is 0 Å². The van der Waals surface area contributed by atoms with Crippen LogP contribution < -0.4 is 15.4 Å². The van der Waals surface area contributed by atoms with Gasteiger partial charge in [0.05, 0.1) is 16.6 Å². The molecule has 2 aromatic rings. The number of rotatable bonds is 4. The second-order valence-corrected chi connectivity index (χ2v) is 6.67. The fourth-order valence-corrected chi connectivity index (χ4v) is 3.24. The zero-order valence-corrected chi connectivity index (χ0v) is 13.9. The van der Waals surface area contributed by atoms with Crippen LogP contribution in [0.1, 0.15) is 17.3 Å². The molecule has 1 atom stereocenters. The summed E-state index contributed by atoms with van der Waals surface area (Å²) in [6.45, 7) is -1.19. The third kappa shape index (κ3) is 3.90. The van der Waals surface area contributed by atoms with Crippen LogP contribution in [0.4, 0.5) is 20.2 Å². The number of carbonyl (C=O) groups is 2. The number of para-hydroxylation sites is 2. The van der Waals surface area contributed by atoms with Gasteiger partial charge in [0, 0.05) is 10.5 Å². The van der Waals surface area contributed by atoms with Crippen molar-refractivity contribution >= 4 is 35.0 Å². The van der Waals surface area contributed by atoms with Crippen molar-refractivity contribution in [3.8, 4) is 5.75 Å². The predicted molar refractivity (Wildman–Crippen MR) is 91.4 cm³/mol. The van der Waals surface area contributed by atoms with E-state index in [0.29, 0.717) is 11.3 Å². The summed E-state index contributed by atoms with van der Waals surface area (Å²) in [7, 11) is 0. The van der Waals surface area contributed by atoms with Crippen LogP contribution in [0.25, 0.3) is 0 Å². The SMILES string of the molecule is C[C@@H]1Sc2ccc(C(=O)Nc3ccccc3OC(F)F)cc2NC1=O. The Morgan fingerprint density at radius 3 is 2.80 bits per heavy atom. The first kappa shape index (κ1) is 17.2. The van der Waals surface area contributed by atoms with Crippen molar-refractivity contribution in [3.63, 3.8) is 0 Å². The van der Waals surface area contributed by atoms with Crippen molar-refractivity contribution in [1.82, 2.24) is 0 Å². The van der Waals surface area contributed by atoms with E-state index >= 15 is 0 Å². The van der Waals surface area contributed by atoms with E-state index in [-0.39, 0.29) is 22.6 Å². The lowest BCUT2D eigenvalue weighted by atomic mass is 10.1. The number of ether oxygens (including phenoxy) is 1. The Morgan fingerprint density at radius 2 is 2.04 bits per heavy atom. The van der Waals surface area contributed by atoms with Gasteiger partial charge in [0.2, 0.25) is 5.91 Å². The van der Waals surface area contributed by atoms with Gasteiger partial charge in [-0.2, -0.15) is 8.78 Å². The number of amides is 2. The summed E-state index contributed by atoms with van der Waals surface area (Å²) in [6.07, 6.45) is 0. The van der Waals surface area contributed by atoms with E-state index in [2.05, 4.69) is 15.4 Å². The number of hydrogen-bond acceptors (Lipinski definition) is 4. The number of alkyl halides is 2. The molecule has 1 aliphatic rings. The molecule has 1 aliphatic heterocycles. The molecule has 0 aliphatic carbocycles. The number of fused-ring (bicyclic) bond motifs is 1. The largest absolute Gasteiger partial charge is 0.433 e. The Balaban J connectivity index is 1.81. The molecule has 0 radical (unpaired) electrons. The molecule has 0 spiro atoms. The highest BCUT2D eigenvalue weighted by Crippen LogP contribution is 2.36. The minimum atomic E-state index is -2.99. The number of nitrogens with one attached hydrogen (secondary N) is 2. The van der Waals surface area contributed by atoms with E-state index in [1.54, 1.807) is 31.2 Å². The van der Waals surface area contributed by atoms with Crippen LogP contribution in [0.3, 0.4) is 0 Å². The van der Waals surface area contributed by atoms with Gasteiger partial charge in [0.15, 0.2) is 0 Å². The molecule has 0 aromatic heterocycles. The average molecular weight is 364 g/mol. The Bertz CT molecular complexity index is 829. The van der Waals surface area contributed by atoms with Crippen LogP contribution in [-0.2, 0) is 4.79 Å². The summed E-state index contributed by atoms with van der Waals surface area (Å²) >= 11 is 1.41. The van der Waals surface area contributed by atoms with Gasteiger partial charge in [-0.1, -0.05) is 12.1 Å². The highest BCUT2D eigenvalue weighted by Gasteiger charge is 2.24. The number of hydrogen-bond donors (Lipinski definition) is 2. The molecule has 3 rings (SSSR count). The number of carbonyl (C=O) groups excluding carboxylic acids is 2. The smallest absolute Gasteiger partial charge is 0.387 e. The van der Waals surface area contributed by atoms with Gasteiger partial charge in [-0.05, 0) is 37.3 Å². The average Bonchev–Trinajstić information content (AvgIpc) is 2.57.